The van der Waals surface area contributed by atoms with Crippen molar-refractivity contribution in [1.29, 1.82) is 0 Å². The van der Waals surface area contributed by atoms with E-state index in [2.05, 4.69) is 4.98 Å². The zero-order valence-electron chi connectivity index (χ0n) is 8.08. The van der Waals surface area contributed by atoms with E-state index in [1.54, 1.807) is 6.92 Å². The first-order valence-electron chi connectivity index (χ1n) is 4.22. The lowest BCUT2D eigenvalue weighted by molar-refractivity contribution is -0.385. The second-order valence-corrected chi connectivity index (χ2v) is 4.42. The van der Waals surface area contributed by atoms with Crippen molar-refractivity contribution in [2.24, 2.45) is 0 Å². The van der Waals surface area contributed by atoms with Crippen molar-refractivity contribution in [3.63, 3.8) is 0 Å². The number of hydrogen-bond acceptors (Lipinski definition) is 6. The summed E-state index contributed by atoms with van der Waals surface area (Å²) in [7, 11) is 0. The van der Waals surface area contributed by atoms with E-state index >= 15 is 0 Å². The molecule has 1 unspecified atom stereocenters. The fourth-order valence-corrected chi connectivity index (χ4v) is 1.75. The van der Waals surface area contributed by atoms with E-state index in [1.807, 2.05) is 0 Å². The fraction of sp³-hybridized carbons (Fsp3) is 0.375. The highest BCUT2D eigenvalue weighted by Gasteiger charge is 2.12. The van der Waals surface area contributed by atoms with Gasteiger partial charge in [0.15, 0.2) is 0 Å². The average molecular weight is 229 g/mol. The van der Waals surface area contributed by atoms with E-state index < -0.39 is 4.92 Å². The van der Waals surface area contributed by atoms with Crippen molar-refractivity contribution >= 4 is 23.3 Å². The van der Waals surface area contributed by atoms with Crippen LogP contribution in [0, 0.1) is 10.1 Å². The molecule has 0 spiro atoms. The molecule has 0 saturated heterocycles. The third-order valence-corrected chi connectivity index (χ3v) is 2.60. The molecule has 82 valence electrons. The van der Waals surface area contributed by atoms with Gasteiger partial charge in [-0.05, 0) is 0 Å². The molecule has 0 radical (unpaired) electrons. The van der Waals surface area contributed by atoms with Crippen molar-refractivity contribution in [3.8, 4) is 0 Å². The smallest absolute Gasteiger partial charge is 0.275 e. The van der Waals surface area contributed by atoms with Gasteiger partial charge < -0.3 is 10.8 Å². The van der Waals surface area contributed by atoms with Gasteiger partial charge in [-0.3, -0.25) is 10.1 Å². The summed E-state index contributed by atoms with van der Waals surface area (Å²) >= 11 is 1.24. The number of nitrogens with two attached hydrogens (primary N) is 1. The summed E-state index contributed by atoms with van der Waals surface area (Å²) in [5, 5.41) is 19.7. The average Bonchev–Trinajstić information content (AvgIpc) is 2.16. The summed E-state index contributed by atoms with van der Waals surface area (Å²) in [5.41, 5.74) is 5.34. The molecule has 3 N–H and O–H groups in total. The number of hydrogen-bond donors (Lipinski definition) is 2. The first-order valence-corrected chi connectivity index (χ1v) is 5.10. The highest BCUT2D eigenvalue weighted by atomic mass is 32.2. The lowest BCUT2D eigenvalue weighted by atomic mass is 10.4. The van der Waals surface area contributed by atoms with E-state index in [1.165, 1.54) is 23.9 Å². The zero-order chi connectivity index (χ0) is 11.4. The summed E-state index contributed by atoms with van der Waals surface area (Å²) in [6, 6.07) is 2.54. The molecular formula is C8H11N3O3S. The summed E-state index contributed by atoms with van der Waals surface area (Å²) in [6.45, 7) is 1.77. The molecule has 0 fully saturated rings. The molecule has 1 rings (SSSR count). The topological polar surface area (TPSA) is 102 Å². The molecule has 1 aromatic rings. The molecular weight excluding hydrogens is 218 g/mol. The molecule has 0 aliphatic rings. The van der Waals surface area contributed by atoms with Gasteiger partial charge in [0.05, 0.1) is 17.6 Å². The van der Waals surface area contributed by atoms with Crippen molar-refractivity contribution in [1.82, 2.24) is 4.98 Å². The van der Waals surface area contributed by atoms with Gasteiger partial charge in [-0.25, -0.2) is 4.98 Å². The standard InChI is InChI=1S/C8H11N3O3S/c1-5(4-12)15-8-3-6(11(13)14)2-7(9)10-8/h2-3,5,12H,4H2,1H3,(H2,9,10). The normalized spacial score (nSPS) is 12.4. The SMILES string of the molecule is CC(CO)Sc1cc([N+](=O)[O-])cc(N)n1. The quantitative estimate of drug-likeness (QED) is 0.454. The Labute approximate surface area is 90.7 Å². The number of nitrogens with zero attached hydrogens (tertiary/aromatic N) is 2. The highest BCUT2D eigenvalue weighted by Crippen LogP contribution is 2.26. The van der Waals surface area contributed by atoms with Crippen LogP contribution < -0.4 is 5.73 Å². The molecule has 6 nitrogen and oxygen atoms in total. The molecule has 1 atom stereocenters. The van der Waals surface area contributed by atoms with Crippen molar-refractivity contribution in [3.05, 3.63) is 22.2 Å². The molecule has 1 aromatic heterocycles. The Balaban J connectivity index is 2.93. The molecule has 7 heteroatoms. The van der Waals surface area contributed by atoms with E-state index in [0.29, 0.717) is 5.03 Å². The van der Waals surface area contributed by atoms with Crippen LogP contribution in [0.5, 0.6) is 0 Å². The highest BCUT2D eigenvalue weighted by molar-refractivity contribution is 7.99. The minimum absolute atomic E-state index is 0.0189. The van der Waals surface area contributed by atoms with Crippen molar-refractivity contribution < 1.29 is 10.0 Å². The molecule has 0 aliphatic heterocycles. The fourth-order valence-electron chi connectivity index (χ4n) is 0.921. The number of thioether (sulfide) groups is 1. The van der Waals surface area contributed by atoms with Crippen molar-refractivity contribution in [2.75, 3.05) is 12.3 Å². The minimum Gasteiger partial charge on any atom is -0.395 e. The van der Waals surface area contributed by atoms with E-state index in [9.17, 15) is 10.1 Å². The lowest BCUT2D eigenvalue weighted by Gasteiger charge is -2.06. The van der Waals surface area contributed by atoms with Crippen LogP contribution in [0.15, 0.2) is 17.2 Å². The predicted octanol–water partition coefficient (Wildman–Crippen LogP) is 1.04. The van der Waals surface area contributed by atoms with Crippen LogP contribution in [-0.2, 0) is 0 Å². The molecule has 0 aliphatic carbocycles. The van der Waals surface area contributed by atoms with Crippen LogP contribution in [-0.4, -0.2) is 26.9 Å². The predicted molar refractivity (Wildman–Crippen MR) is 57.7 cm³/mol. The first kappa shape index (κ1) is 11.7. The Kier molecular flexibility index (Phi) is 3.87. The van der Waals surface area contributed by atoms with Crippen LogP contribution in [0.25, 0.3) is 0 Å². The van der Waals surface area contributed by atoms with Crippen LogP contribution in [0.2, 0.25) is 0 Å². The number of nitrogen functional groups attached to an aromatic ring is 1. The van der Waals surface area contributed by atoms with Crippen LogP contribution >= 0.6 is 11.8 Å². The second-order valence-electron chi connectivity index (χ2n) is 2.96. The maximum absolute atomic E-state index is 10.5. The minimum atomic E-state index is -0.522. The third-order valence-electron chi connectivity index (χ3n) is 1.60. The molecule has 1 heterocycles. The maximum Gasteiger partial charge on any atom is 0.275 e. The summed E-state index contributed by atoms with van der Waals surface area (Å²) < 4.78 is 0. The van der Waals surface area contributed by atoms with Gasteiger partial charge in [-0.15, -0.1) is 11.8 Å². The third kappa shape index (κ3) is 3.37. The van der Waals surface area contributed by atoms with Gasteiger partial charge in [0.25, 0.3) is 5.69 Å². The van der Waals surface area contributed by atoms with E-state index in [-0.39, 0.29) is 23.4 Å². The molecule has 0 aromatic carbocycles. The van der Waals surface area contributed by atoms with Gasteiger partial charge in [0.1, 0.15) is 10.8 Å². The number of aliphatic hydroxyl groups is 1. The Morgan fingerprint density at radius 1 is 1.73 bits per heavy atom. The largest absolute Gasteiger partial charge is 0.395 e. The summed E-state index contributed by atoms with van der Waals surface area (Å²) in [5.74, 6) is 0.108. The molecule has 0 amide bonds. The zero-order valence-corrected chi connectivity index (χ0v) is 8.90. The summed E-state index contributed by atoms with van der Waals surface area (Å²) in [6.07, 6.45) is 0. The van der Waals surface area contributed by atoms with Gasteiger partial charge in [0, 0.05) is 11.3 Å². The van der Waals surface area contributed by atoms with Crippen LogP contribution in [0.4, 0.5) is 11.5 Å². The number of aromatic nitrogens is 1. The van der Waals surface area contributed by atoms with Crippen molar-refractivity contribution in [2.45, 2.75) is 17.2 Å². The number of pyridine rings is 1. The Morgan fingerprint density at radius 3 is 2.93 bits per heavy atom. The monoisotopic (exact) mass is 229 g/mol. The molecule has 0 bridgehead atoms. The first-order chi connectivity index (χ1) is 7.02. The number of aliphatic hydroxyl groups excluding tert-OH is 1. The van der Waals surface area contributed by atoms with E-state index in [4.69, 9.17) is 10.8 Å². The Hall–Kier alpha value is -1.34. The number of rotatable bonds is 4. The summed E-state index contributed by atoms with van der Waals surface area (Å²) in [4.78, 5) is 13.9. The lowest BCUT2D eigenvalue weighted by Crippen LogP contribution is -2.03. The van der Waals surface area contributed by atoms with Crippen LogP contribution in [0.1, 0.15) is 6.92 Å². The maximum atomic E-state index is 10.5. The Morgan fingerprint density at radius 2 is 2.40 bits per heavy atom. The van der Waals surface area contributed by atoms with Gasteiger partial charge >= 0.3 is 0 Å². The number of nitro groups is 1. The molecule has 0 saturated carbocycles. The van der Waals surface area contributed by atoms with E-state index in [0.717, 1.165) is 0 Å². The molecule has 15 heavy (non-hydrogen) atoms. The Bertz CT molecular complexity index is 372. The second kappa shape index (κ2) is 4.94. The van der Waals surface area contributed by atoms with Gasteiger partial charge in [-0.2, -0.15) is 0 Å². The van der Waals surface area contributed by atoms with Crippen LogP contribution in [0.3, 0.4) is 0 Å². The number of anilines is 1. The van der Waals surface area contributed by atoms with Gasteiger partial charge in [0.2, 0.25) is 0 Å². The van der Waals surface area contributed by atoms with Gasteiger partial charge in [-0.1, -0.05) is 6.92 Å².